The van der Waals surface area contributed by atoms with Crippen LogP contribution in [0.5, 0.6) is 0 Å². The number of nitrogens with one attached hydrogen (secondary N) is 3. The Bertz CT molecular complexity index is 961. The molecule has 0 aliphatic carbocycles. The largest absolute Gasteiger partial charge is 0.339 e. The number of hydrogen-bond donors (Lipinski definition) is 3. The molecule has 0 radical (unpaired) electrons. The first-order valence-electron chi connectivity index (χ1n) is 8.05. The third-order valence-corrected chi connectivity index (χ3v) is 3.98. The number of aromatic nitrogens is 2. The molecule has 6 nitrogen and oxygen atoms in total. The van der Waals surface area contributed by atoms with Crippen molar-refractivity contribution in [2.45, 2.75) is 6.92 Å². The Balaban J connectivity index is 1.59. The summed E-state index contributed by atoms with van der Waals surface area (Å²) in [4.78, 5) is 11.5. The molecular weight excluding hydrogens is 382 g/mol. The minimum atomic E-state index is 0.00555. The zero-order valence-corrected chi connectivity index (χ0v) is 15.9. The monoisotopic (exact) mass is 397 g/mol. The van der Waals surface area contributed by atoms with E-state index in [0.717, 1.165) is 17.1 Å². The fourth-order valence-corrected chi connectivity index (χ4v) is 2.61. The molecule has 0 saturated carbocycles. The van der Waals surface area contributed by atoms with E-state index in [9.17, 15) is 4.79 Å². The maximum Gasteiger partial charge on any atom is 0.175 e. The molecule has 1 aromatic heterocycles. The molecule has 27 heavy (non-hydrogen) atoms. The third kappa shape index (κ3) is 5.47. The molecule has 1 heterocycles. The summed E-state index contributed by atoms with van der Waals surface area (Å²) in [5, 5.41) is 17.8. The van der Waals surface area contributed by atoms with Crippen LogP contribution in [0.3, 0.4) is 0 Å². The fourth-order valence-electron chi connectivity index (χ4n) is 2.28. The van der Waals surface area contributed by atoms with Gasteiger partial charge < -0.3 is 16.0 Å². The van der Waals surface area contributed by atoms with Crippen molar-refractivity contribution < 1.29 is 4.79 Å². The van der Waals surface area contributed by atoms with E-state index in [2.05, 4.69) is 26.1 Å². The lowest BCUT2D eigenvalue weighted by molar-refractivity contribution is 0.101. The predicted molar refractivity (Wildman–Crippen MR) is 113 cm³/mol. The highest BCUT2D eigenvalue weighted by Gasteiger charge is 2.03. The zero-order valence-electron chi connectivity index (χ0n) is 14.4. The molecule has 0 spiro atoms. The zero-order chi connectivity index (χ0) is 19.2. The molecule has 0 saturated heterocycles. The molecule has 0 unspecified atom stereocenters. The highest BCUT2D eigenvalue weighted by molar-refractivity contribution is 7.80. The number of carbonyl (C=O) groups excluding carboxylic acids is 1. The number of halogens is 1. The van der Waals surface area contributed by atoms with Gasteiger partial charge in [0.15, 0.2) is 21.9 Å². The van der Waals surface area contributed by atoms with Gasteiger partial charge in [-0.2, -0.15) is 0 Å². The van der Waals surface area contributed by atoms with Gasteiger partial charge in [-0.1, -0.05) is 23.7 Å². The second kappa shape index (κ2) is 8.57. The van der Waals surface area contributed by atoms with E-state index >= 15 is 0 Å². The van der Waals surface area contributed by atoms with E-state index in [1.807, 2.05) is 36.4 Å². The van der Waals surface area contributed by atoms with Crippen LogP contribution in [-0.2, 0) is 0 Å². The maximum atomic E-state index is 11.5. The van der Waals surface area contributed by atoms with Gasteiger partial charge in [-0.15, -0.1) is 10.2 Å². The minimum Gasteiger partial charge on any atom is -0.339 e. The van der Waals surface area contributed by atoms with Gasteiger partial charge >= 0.3 is 0 Å². The predicted octanol–water partition coefficient (Wildman–Crippen LogP) is 4.89. The van der Waals surface area contributed by atoms with Crippen molar-refractivity contribution in [3.8, 4) is 0 Å². The smallest absolute Gasteiger partial charge is 0.175 e. The van der Waals surface area contributed by atoms with Crippen LogP contribution in [0.25, 0.3) is 0 Å². The van der Waals surface area contributed by atoms with Crippen LogP contribution in [-0.4, -0.2) is 21.1 Å². The fraction of sp³-hybridized carbons (Fsp3) is 0.0526. The molecule has 0 amide bonds. The van der Waals surface area contributed by atoms with Gasteiger partial charge in [0, 0.05) is 22.6 Å². The van der Waals surface area contributed by atoms with Crippen molar-refractivity contribution in [2.75, 3.05) is 16.0 Å². The number of anilines is 4. The molecule has 0 aliphatic rings. The molecule has 136 valence electrons. The average Bonchev–Trinajstić information content (AvgIpc) is 2.65. The van der Waals surface area contributed by atoms with E-state index in [1.54, 1.807) is 24.3 Å². The van der Waals surface area contributed by atoms with Crippen LogP contribution in [0.1, 0.15) is 17.3 Å². The summed E-state index contributed by atoms with van der Waals surface area (Å²) in [6.07, 6.45) is 0. The highest BCUT2D eigenvalue weighted by atomic mass is 35.5. The molecule has 2 aromatic carbocycles. The van der Waals surface area contributed by atoms with Crippen LogP contribution in [0.4, 0.5) is 22.9 Å². The van der Waals surface area contributed by atoms with Crippen molar-refractivity contribution >= 4 is 57.6 Å². The number of carbonyl (C=O) groups is 1. The topological polar surface area (TPSA) is 78.9 Å². The van der Waals surface area contributed by atoms with Gasteiger partial charge in [-0.25, -0.2) is 0 Å². The lowest BCUT2D eigenvalue weighted by Gasteiger charge is -2.12. The van der Waals surface area contributed by atoms with E-state index in [1.165, 1.54) is 6.92 Å². The number of hydrogen-bond acceptors (Lipinski definition) is 5. The Labute approximate surface area is 167 Å². The Morgan fingerprint density at radius 2 is 1.63 bits per heavy atom. The Kier molecular flexibility index (Phi) is 5.95. The average molecular weight is 398 g/mol. The number of benzene rings is 2. The maximum absolute atomic E-state index is 11.5. The van der Waals surface area contributed by atoms with Gasteiger partial charge in [-0.3, -0.25) is 4.79 Å². The van der Waals surface area contributed by atoms with E-state index in [4.69, 9.17) is 23.8 Å². The van der Waals surface area contributed by atoms with Crippen LogP contribution >= 0.6 is 23.8 Å². The van der Waals surface area contributed by atoms with Crippen molar-refractivity contribution in [1.82, 2.24) is 10.2 Å². The van der Waals surface area contributed by atoms with Gasteiger partial charge in [0.05, 0.1) is 0 Å². The van der Waals surface area contributed by atoms with Crippen LogP contribution in [0.2, 0.25) is 5.15 Å². The Hall–Kier alpha value is -3.03. The van der Waals surface area contributed by atoms with Crippen molar-refractivity contribution in [2.24, 2.45) is 0 Å². The number of nitrogens with zero attached hydrogens (tertiary/aromatic N) is 2. The number of rotatable bonds is 5. The van der Waals surface area contributed by atoms with Crippen molar-refractivity contribution in [3.05, 3.63) is 71.4 Å². The molecule has 0 bridgehead atoms. The van der Waals surface area contributed by atoms with E-state index < -0.39 is 0 Å². The quantitative estimate of drug-likeness (QED) is 0.418. The Morgan fingerprint density at radius 1 is 0.926 bits per heavy atom. The molecular formula is C19H16ClN5OS. The first-order chi connectivity index (χ1) is 13.0. The standard InChI is InChI=1S/C19H16ClN5OS/c1-12(26)13-3-2-4-16(11-13)23-19(27)22-15-7-5-14(6-8-15)21-18-10-9-17(20)24-25-18/h2-11H,1H3,(H,21,25)(H2,22,23,27). The van der Waals surface area contributed by atoms with Gasteiger partial charge in [0.1, 0.15) is 0 Å². The first kappa shape index (κ1) is 18.8. The number of thiocarbonyl (C=S) groups is 1. The first-order valence-corrected chi connectivity index (χ1v) is 8.83. The number of ketones is 1. The highest BCUT2D eigenvalue weighted by Crippen LogP contribution is 2.18. The Morgan fingerprint density at radius 3 is 2.30 bits per heavy atom. The van der Waals surface area contributed by atoms with Gasteiger partial charge in [0.2, 0.25) is 0 Å². The normalized spacial score (nSPS) is 10.1. The molecule has 3 aromatic rings. The molecule has 0 fully saturated rings. The van der Waals surface area contributed by atoms with E-state index in [0.29, 0.717) is 21.6 Å². The van der Waals surface area contributed by atoms with Crippen molar-refractivity contribution in [3.63, 3.8) is 0 Å². The van der Waals surface area contributed by atoms with Crippen LogP contribution < -0.4 is 16.0 Å². The summed E-state index contributed by atoms with van der Waals surface area (Å²) in [5.41, 5.74) is 3.05. The van der Waals surface area contributed by atoms with Crippen LogP contribution in [0.15, 0.2) is 60.7 Å². The minimum absolute atomic E-state index is 0.00555. The molecule has 3 rings (SSSR count). The summed E-state index contributed by atoms with van der Waals surface area (Å²) in [6, 6.07) is 18.1. The summed E-state index contributed by atoms with van der Waals surface area (Å²) in [6.45, 7) is 1.53. The third-order valence-electron chi connectivity index (χ3n) is 3.57. The number of Topliss-reactive ketones (excluding diaryl/α,β-unsaturated/α-hetero) is 1. The van der Waals surface area contributed by atoms with Gasteiger partial charge in [0.25, 0.3) is 0 Å². The lowest BCUT2D eigenvalue weighted by atomic mass is 10.1. The summed E-state index contributed by atoms with van der Waals surface area (Å²) < 4.78 is 0. The molecule has 3 N–H and O–H groups in total. The second-order valence-electron chi connectivity index (χ2n) is 5.66. The molecule has 0 aliphatic heterocycles. The van der Waals surface area contributed by atoms with E-state index in [-0.39, 0.29) is 5.78 Å². The van der Waals surface area contributed by atoms with Crippen molar-refractivity contribution in [1.29, 1.82) is 0 Å². The lowest BCUT2D eigenvalue weighted by Crippen LogP contribution is -2.19. The second-order valence-corrected chi connectivity index (χ2v) is 6.46. The molecule has 8 heteroatoms. The molecule has 0 atom stereocenters. The SMILES string of the molecule is CC(=O)c1cccc(NC(=S)Nc2ccc(Nc3ccc(Cl)nn3)cc2)c1. The summed E-state index contributed by atoms with van der Waals surface area (Å²) in [5.74, 6) is 0.605. The van der Waals surface area contributed by atoms with Gasteiger partial charge in [-0.05, 0) is 67.7 Å². The summed E-state index contributed by atoms with van der Waals surface area (Å²) in [7, 11) is 0. The van der Waals surface area contributed by atoms with Crippen LogP contribution in [0, 0.1) is 0 Å². The summed E-state index contributed by atoms with van der Waals surface area (Å²) >= 11 is 11.0.